The van der Waals surface area contributed by atoms with Gasteiger partial charge in [-0.2, -0.15) is 0 Å². The Bertz CT molecular complexity index is 994. The Morgan fingerprint density at radius 3 is 2.56 bits per heavy atom. The van der Waals surface area contributed by atoms with Crippen molar-refractivity contribution in [3.05, 3.63) is 23.8 Å². The molecule has 0 aromatic carbocycles. The number of fused-ring (bicyclic) bond motifs is 3. The molecular weight excluding hydrogens is 412 g/mol. The molecule has 7 atom stereocenters. The van der Waals surface area contributed by atoms with Crippen LogP contribution in [0.25, 0.3) is 0 Å². The molecule has 3 saturated carbocycles. The summed E-state index contributed by atoms with van der Waals surface area (Å²) >= 11 is 0. The fourth-order valence-corrected chi connectivity index (χ4v) is 7.85. The quantitative estimate of drug-likeness (QED) is 0.488. The highest BCUT2D eigenvalue weighted by atomic mass is 16.6. The van der Waals surface area contributed by atoms with Gasteiger partial charge in [-0.3, -0.25) is 19.2 Å². The predicted octanol–water partition coefficient (Wildman–Crippen LogP) is 2.86. The number of hydrogen-bond donors (Lipinski definition) is 0. The predicted molar refractivity (Wildman–Crippen MR) is 112 cm³/mol. The van der Waals surface area contributed by atoms with Gasteiger partial charge in [-0.15, -0.1) is 0 Å². The molecular formula is C25H30O7. The third-order valence-electron chi connectivity index (χ3n) is 9.23. The number of epoxide rings is 1. The summed E-state index contributed by atoms with van der Waals surface area (Å²) in [4.78, 5) is 48.9. The van der Waals surface area contributed by atoms with Gasteiger partial charge in [-0.1, -0.05) is 18.6 Å². The van der Waals surface area contributed by atoms with Gasteiger partial charge in [0.2, 0.25) is 5.78 Å². The molecule has 1 aliphatic heterocycles. The molecule has 0 amide bonds. The second-order valence-corrected chi connectivity index (χ2v) is 10.5. The SMILES string of the molecule is CC(=O)OCC(=O)[C@@]1(OC(C)=O)CC[C@H]2[C@@H]3CCC4=CC(=O)C=C[C@]4(C)[C@@]34O[C@H]4C[C@@]21C. The van der Waals surface area contributed by atoms with Crippen LogP contribution in [-0.4, -0.2) is 47.4 Å². The minimum absolute atomic E-state index is 0.0241. The number of esters is 2. The third-order valence-corrected chi connectivity index (χ3v) is 9.23. The largest absolute Gasteiger partial charge is 0.458 e. The molecule has 0 unspecified atom stereocenters. The van der Waals surface area contributed by atoms with E-state index in [-0.39, 0.29) is 40.5 Å². The topological polar surface area (TPSA) is 99.3 Å². The normalized spacial score (nSPS) is 45.6. The van der Waals surface area contributed by atoms with Crippen molar-refractivity contribution in [2.45, 2.75) is 77.1 Å². The van der Waals surface area contributed by atoms with Crippen LogP contribution in [0.5, 0.6) is 0 Å². The Labute approximate surface area is 187 Å². The number of allylic oxidation sites excluding steroid dienone is 2. The van der Waals surface area contributed by atoms with E-state index in [0.29, 0.717) is 12.8 Å². The van der Waals surface area contributed by atoms with Crippen LogP contribution in [0.3, 0.4) is 0 Å². The number of ketones is 2. The lowest BCUT2D eigenvalue weighted by Crippen LogP contribution is -2.62. The highest BCUT2D eigenvalue weighted by molar-refractivity contribution is 6.01. The van der Waals surface area contributed by atoms with Gasteiger partial charge < -0.3 is 14.2 Å². The molecule has 1 saturated heterocycles. The number of Topliss-reactive ketones (excluding diaryl/α,β-unsaturated/α-hetero) is 1. The van der Waals surface area contributed by atoms with E-state index in [1.54, 1.807) is 12.2 Å². The molecule has 0 bridgehead atoms. The van der Waals surface area contributed by atoms with E-state index in [9.17, 15) is 19.2 Å². The smallest absolute Gasteiger partial charge is 0.303 e. The average Bonchev–Trinajstić information content (AvgIpc) is 3.36. The van der Waals surface area contributed by atoms with Crippen molar-refractivity contribution in [3.8, 4) is 0 Å². The van der Waals surface area contributed by atoms with E-state index in [4.69, 9.17) is 14.2 Å². The first kappa shape index (κ1) is 21.6. The lowest BCUT2D eigenvalue weighted by atomic mass is 9.47. The minimum atomic E-state index is -1.33. The van der Waals surface area contributed by atoms with Crippen molar-refractivity contribution in [1.82, 2.24) is 0 Å². The molecule has 172 valence electrons. The van der Waals surface area contributed by atoms with Crippen molar-refractivity contribution in [2.24, 2.45) is 22.7 Å². The molecule has 0 aromatic rings. The van der Waals surface area contributed by atoms with Crippen LogP contribution < -0.4 is 0 Å². The average molecular weight is 443 g/mol. The molecule has 4 fully saturated rings. The number of ether oxygens (including phenoxy) is 3. The number of carbonyl (C=O) groups is 4. The van der Waals surface area contributed by atoms with Crippen LogP contribution in [0.15, 0.2) is 23.8 Å². The lowest BCUT2D eigenvalue weighted by molar-refractivity contribution is -0.187. The molecule has 5 aliphatic rings. The van der Waals surface area contributed by atoms with E-state index >= 15 is 0 Å². The van der Waals surface area contributed by atoms with Gasteiger partial charge in [-0.05, 0) is 63.0 Å². The van der Waals surface area contributed by atoms with Crippen LogP contribution in [0.1, 0.15) is 59.8 Å². The number of rotatable bonds is 4. The van der Waals surface area contributed by atoms with Gasteiger partial charge in [0.1, 0.15) is 5.60 Å². The molecule has 4 aliphatic carbocycles. The van der Waals surface area contributed by atoms with Crippen LogP contribution in [0.2, 0.25) is 0 Å². The molecule has 32 heavy (non-hydrogen) atoms. The second-order valence-electron chi connectivity index (χ2n) is 10.5. The monoisotopic (exact) mass is 442 g/mol. The second kappa shape index (κ2) is 6.62. The molecule has 0 aromatic heterocycles. The molecule has 1 spiro atoms. The van der Waals surface area contributed by atoms with Gasteiger partial charge >= 0.3 is 11.9 Å². The van der Waals surface area contributed by atoms with E-state index in [1.807, 2.05) is 13.0 Å². The van der Waals surface area contributed by atoms with E-state index in [2.05, 4.69) is 6.92 Å². The Hall–Kier alpha value is -2.28. The Morgan fingerprint density at radius 2 is 1.88 bits per heavy atom. The summed E-state index contributed by atoms with van der Waals surface area (Å²) in [5.41, 5.74) is -1.54. The summed E-state index contributed by atoms with van der Waals surface area (Å²) in [5, 5.41) is 0. The third kappa shape index (κ3) is 2.51. The number of hydrogen-bond acceptors (Lipinski definition) is 7. The standard InChI is InChI=1S/C25H30O7/c1-14(26)30-13-20(29)24(31-15(2)27)10-8-18-19-6-5-16-11-17(28)7-9-22(16,3)25(19)21(32-25)12-23(18,24)4/h7,9,11,18-19,21H,5-6,8,10,12-13H2,1-4H3/t18-,19-,21-,22-,23-,24-,25+/m0/s1. The van der Waals surface area contributed by atoms with Gasteiger partial charge in [0.05, 0.1) is 6.10 Å². The van der Waals surface area contributed by atoms with E-state index < -0.39 is 29.6 Å². The maximum atomic E-state index is 13.4. The van der Waals surface area contributed by atoms with Crippen molar-refractivity contribution in [1.29, 1.82) is 0 Å². The van der Waals surface area contributed by atoms with Crippen molar-refractivity contribution in [2.75, 3.05) is 6.61 Å². The summed E-state index contributed by atoms with van der Waals surface area (Å²) < 4.78 is 17.4. The zero-order valence-electron chi connectivity index (χ0n) is 19.1. The molecule has 1 heterocycles. The molecule has 0 radical (unpaired) electrons. The zero-order chi connectivity index (χ0) is 23.1. The van der Waals surface area contributed by atoms with Crippen molar-refractivity contribution in [3.63, 3.8) is 0 Å². The summed E-state index contributed by atoms with van der Waals surface area (Å²) in [6, 6.07) is 0. The Kier molecular flexibility index (Phi) is 4.46. The van der Waals surface area contributed by atoms with Crippen LogP contribution in [0, 0.1) is 22.7 Å². The molecule has 7 heteroatoms. The molecule has 5 rings (SSSR count). The summed E-state index contributed by atoms with van der Waals surface area (Å²) in [6.07, 6.45) is 8.74. The first-order valence-electron chi connectivity index (χ1n) is 11.5. The van der Waals surface area contributed by atoms with Gasteiger partial charge in [-0.25, -0.2) is 0 Å². The van der Waals surface area contributed by atoms with Gasteiger partial charge in [0, 0.05) is 24.7 Å². The number of carbonyl (C=O) groups excluding carboxylic acids is 4. The van der Waals surface area contributed by atoms with Crippen LogP contribution >= 0.6 is 0 Å². The highest BCUT2D eigenvalue weighted by Crippen LogP contribution is 2.76. The lowest BCUT2D eigenvalue weighted by Gasteiger charge is -2.55. The Morgan fingerprint density at radius 1 is 1.12 bits per heavy atom. The van der Waals surface area contributed by atoms with E-state index in [1.165, 1.54) is 13.8 Å². The fraction of sp³-hybridized carbons (Fsp3) is 0.680. The van der Waals surface area contributed by atoms with E-state index in [0.717, 1.165) is 24.8 Å². The zero-order valence-corrected chi connectivity index (χ0v) is 19.1. The first-order chi connectivity index (χ1) is 15.0. The van der Waals surface area contributed by atoms with Crippen molar-refractivity contribution >= 4 is 23.5 Å². The van der Waals surface area contributed by atoms with Crippen LogP contribution in [-0.2, 0) is 33.4 Å². The highest BCUT2D eigenvalue weighted by Gasteiger charge is 2.81. The maximum absolute atomic E-state index is 13.4. The van der Waals surface area contributed by atoms with Crippen LogP contribution in [0.4, 0.5) is 0 Å². The van der Waals surface area contributed by atoms with Crippen molar-refractivity contribution < 1.29 is 33.4 Å². The van der Waals surface area contributed by atoms with Gasteiger partial charge in [0.15, 0.2) is 18.0 Å². The minimum Gasteiger partial charge on any atom is -0.458 e. The molecule has 0 N–H and O–H groups in total. The van der Waals surface area contributed by atoms with Gasteiger partial charge in [0.25, 0.3) is 0 Å². The first-order valence-corrected chi connectivity index (χ1v) is 11.5. The summed E-state index contributed by atoms with van der Waals surface area (Å²) in [6.45, 7) is 6.38. The summed E-state index contributed by atoms with van der Waals surface area (Å²) in [5.74, 6) is -1.08. The fourth-order valence-electron chi connectivity index (χ4n) is 7.85. The molecule has 7 nitrogen and oxygen atoms in total. The maximum Gasteiger partial charge on any atom is 0.303 e. The summed E-state index contributed by atoms with van der Waals surface area (Å²) in [7, 11) is 0. The Balaban J connectivity index is 1.53.